The number of hydrogen-bond acceptors (Lipinski definition) is 6. The van der Waals surface area contributed by atoms with Crippen LogP contribution in [0, 0.1) is 0 Å². The Morgan fingerprint density at radius 1 is 1.28 bits per heavy atom. The summed E-state index contributed by atoms with van der Waals surface area (Å²) in [5.74, 6) is 0.210. The molecule has 0 radical (unpaired) electrons. The number of pyridine rings is 1. The van der Waals surface area contributed by atoms with E-state index >= 15 is 0 Å². The Hall–Kier alpha value is -2.94. The molecule has 0 aromatic carbocycles. The Morgan fingerprint density at radius 3 is 2.92 bits per heavy atom. The van der Waals surface area contributed by atoms with Crippen LogP contribution in [0.4, 0.5) is 11.6 Å². The highest BCUT2D eigenvalue weighted by Gasteiger charge is 2.28. The van der Waals surface area contributed by atoms with Crippen molar-refractivity contribution in [1.82, 2.24) is 24.5 Å². The van der Waals surface area contributed by atoms with Crippen LogP contribution in [0.25, 0.3) is 11.2 Å². The van der Waals surface area contributed by atoms with Crippen molar-refractivity contribution in [3.05, 3.63) is 45.4 Å². The number of anilines is 2. The Balaban J connectivity index is 1.77. The lowest BCUT2D eigenvalue weighted by molar-refractivity contribution is 0.0756. The van der Waals surface area contributed by atoms with Gasteiger partial charge in [-0.1, -0.05) is 12.8 Å². The van der Waals surface area contributed by atoms with E-state index in [-0.39, 0.29) is 23.2 Å². The van der Waals surface area contributed by atoms with Crippen LogP contribution in [0.15, 0.2) is 34.1 Å². The zero-order valence-electron chi connectivity index (χ0n) is 13.4. The molecule has 4 rings (SSSR count). The first kappa shape index (κ1) is 15.6. The lowest BCUT2D eigenvalue weighted by Crippen LogP contribution is -2.33. The molecular formula is C16H18N6O3. The molecule has 25 heavy (non-hydrogen) atoms. The van der Waals surface area contributed by atoms with Gasteiger partial charge in [-0.15, -0.1) is 0 Å². The Kier molecular flexibility index (Phi) is 3.85. The first-order chi connectivity index (χ1) is 12.1. The number of H-pyrrole nitrogens is 2. The second kappa shape index (κ2) is 6.17. The number of nitrogens with zero attached hydrogens (tertiary/aromatic N) is 3. The molecule has 0 unspecified atom stereocenters. The monoisotopic (exact) mass is 342 g/mol. The smallest absolute Gasteiger partial charge is 0.328 e. The molecule has 0 saturated heterocycles. The molecule has 1 fully saturated rings. The Labute approximate surface area is 141 Å². The van der Waals surface area contributed by atoms with Crippen molar-refractivity contribution in [2.24, 2.45) is 0 Å². The molecule has 3 heterocycles. The maximum Gasteiger partial charge on any atom is 0.328 e. The molecule has 0 spiro atoms. The van der Waals surface area contributed by atoms with Crippen molar-refractivity contribution in [3.63, 3.8) is 0 Å². The summed E-state index contributed by atoms with van der Waals surface area (Å²) in [6, 6.07) is 2.99. The highest BCUT2D eigenvalue weighted by molar-refractivity contribution is 5.72. The van der Waals surface area contributed by atoms with E-state index < -0.39 is 6.10 Å². The SMILES string of the molecule is O=c1[nH]cccc1Nc1ncc2[nH]c(=O)n([C@H]3CCCC[C@H]3O)c2n1. The summed E-state index contributed by atoms with van der Waals surface area (Å²) in [6.45, 7) is 0. The molecule has 0 aliphatic heterocycles. The quantitative estimate of drug-likeness (QED) is 0.563. The summed E-state index contributed by atoms with van der Waals surface area (Å²) in [6.07, 6.45) is 5.75. The summed E-state index contributed by atoms with van der Waals surface area (Å²) in [5, 5.41) is 13.1. The number of hydrogen-bond donors (Lipinski definition) is 4. The van der Waals surface area contributed by atoms with E-state index in [0.717, 1.165) is 19.3 Å². The molecule has 1 aliphatic carbocycles. The van der Waals surface area contributed by atoms with Crippen LogP contribution < -0.4 is 16.6 Å². The van der Waals surface area contributed by atoms with Gasteiger partial charge in [0.05, 0.1) is 18.3 Å². The standard InChI is InChI=1S/C16H18N6O3/c23-12-6-2-1-5-11(12)22-13-10(20-16(22)25)8-18-15(21-13)19-9-4-3-7-17-14(9)24/h3-4,7-8,11-12,23H,1-2,5-6H2,(H,17,24)(H,20,25)(H,18,19,21)/t11-,12+/m0/s1. The van der Waals surface area contributed by atoms with E-state index in [1.54, 1.807) is 12.1 Å². The summed E-state index contributed by atoms with van der Waals surface area (Å²) in [7, 11) is 0. The number of rotatable bonds is 3. The summed E-state index contributed by atoms with van der Waals surface area (Å²) < 4.78 is 1.50. The molecule has 1 saturated carbocycles. The second-order valence-corrected chi connectivity index (χ2v) is 6.19. The van der Waals surface area contributed by atoms with Crippen molar-refractivity contribution in [1.29, 1.82) is 0 Å². The van der Waals surface area contributed by atoms with Gasteiger partial charge in [-0.05, 0) is 25.0 Å². The number of aromatic nitrogens is 5. The Bertz CT molecular complexity index is 1020. The fourth-order valence-electron chi connectivity index (χ4n) is 3.32. The largest absolute Gasteiger partial charge is 0.391 e. The number of aliphatic hydroxyl groups excluding tert-OH is 1. The van der Waals surface area contributed by atoms with Crippen molar-refractivity contribution in [3.8, 4) is 0 Å². The van der Waals surface area contributed by atoms with Gasteiger partial charge in [-0.25, -0.2) is 9.78 Å². The van der Waals surface area contributed by atoms with Crippen LogP contribution in [0.1, 0.15) is 31.7 Å². The topological polar surface area (TPSA) is 129 Å². The van der Waals surface area contributed by atoms with E-state index in [0.29, 0.717) is 23.3 Å². The van der Waals surface area contributed by atoms with Crippen LogP contribution in [0.2, 0.25) is 0 Å². The number of imidazole rings is 1. The summed E-state index contributed by atoms with van der Waals surface area (Å²) in [4.78, 5) is 38.0. The van der Waals surface area contributed by atoms with Crippen molar-refractivity contribution >= 4 is 22.8 Å². The highest BCUT2D eigenvalue weighted by Crippen LogP contribution is 2.29. The van der Waals surface area contributed by atoms with Gasteiger partial charge in [0.15, 0.2) is 5.65 Å². The molecule has 2 atom stereocenters. The maximum atomic E-state index is 12.4. The molecule has 0 bridgehead atoms. The van der Waals surface area contributed by atoms with Gasteiger partial charge in [0.25, 0.3) is 5.56 Å². The third-order valence-corrected chi connectivity index (χ3v) is 4.55. The van der Waals surface area contributed by atoms with Crippen LogP contribution in [-0.4, -0.2) is 35.7 Å². The zero-order chi connectivity index (χ0) is 17.4. The number of aromatic amines is 2. The molecule has 1 aliphatic rings. The third-order valence-electron chi connectivity index (χ3n) is 4.55. The lowest BCUT2D eigenvalue weighted by Gasteiger charge is -2.28. The van der Waals surface area contributed by atoms with Crippen LogP contribution >= 0.6 is 0 Å². The van der Waals surface area contributed by atoms with Crippen LogP contribution in [0.3, 0.4) is 0 Å². The first-order valence-corrected chi connectivity index (χ1v) is 8.23. The van der Waals surface area contributed by atoms with E-state index in [9.17, 15) is 14.7 Å². The predicted molar refractivity (Wildman–Crippen MR) is 92.0 cm³/mol. The Morgan fingerprint density at radius 2 is 2.12 bits per heavy atom. The number of fused-ring (bicyclic) bond motifs is 1. The van der Waals surface area contributed by atoms with E-state index in [4.69, 9.17) is 0 Å². The normalized spacial score (nSPS) is 20.7. The van der Waals surface area contributed by atoms with Crippen LogP contribution in [-0.2, 0) is 0 Å². The summed E-state index contributed by atoms with van der Waals surface area (Å²) >= 11 is 0. The second-order valence-electron chi connectivity index (χ2n) is 6.19. The molecule has 9 nitrogen and oxygen atoms in total. The highest BCUT2D eigenvalue weighted by atomic mass is 16.3. The minimum absolute atomic E-state index is 0.210. The third kappa shape index (κ3) is 2.82. The molecule has 0 amide bonds. The molecule has 130 valence electrons. The van der Waals surface area contributed by atoms with Crippen LogP contribution in [0.5, 0.6) is 0 Å². The van der Waals surface area contributed by atoms with Crippen molar-refractivity contribution in [2.75, 3.05) is 5.32 Å². The predicted octanol–water partition coefficient (Wildman–Crippen LogP) is 1.03. The fourth-order valence-corrected chi connectivity index (χ4v) is 3.32. The molecule has 9 heteroatoms. The first-order valence-electron chi connectivity index (χ1n) is 8.23. The molecule has 4 N–H and O–H groups in total. The molecule has 3 aromatic rings. The minimum atomic E-state index is -0.575. The molecule has 3 aromatic heterocycles. The zero-order valence-corrected chi connectivity index (χ0v) is 13.4. The van der Waals surface area contributed by atoms with Gasteiger partial charge < -0.3 is 20.4 Å². The lowest BCUT2D eigenvalue weighted by atomic mass is 9.92. The average Bonchev–Trinajstić information content (AvgIpc) is 2.93. The summed E-state index contributed by atoms with van der Waals surface area (Å²) in [5.41, 5.74) is 0.616. The van der Waals surface area contributed by atoms with Crippen molar-refractivity contribution in [2.45, 2.75) is 37.8 Å². The molecular weight excluding hydrogens is 324 g/mol. The minimum Gasteiger partial charge on any atom is -0.391 e. The van der Waals surface area contributed by atoms with Gasteiger partial charge in [0.2, 0.25) is 5.95 Å². The van der Waals surface area contributed by atoms with E-state index in [1.807, 2.05) is 0 Å². The number of aliphatic hydroxyl groups is 1. The number of nitrogens with one attached hydrogen (secondary N) is 3. The van der Waals surface area contributed by atoms with Crippen molar-refractivity contribution < 1.29 is 5.11 Å². The van der Waals surface area contributed by atoms with Gasteiger partial charge in [0.1, 0.15) is 11.2 Å². The van der Waals surface area contributed by atoms with E-state index in [1.165, 1.54) is 17.0 Å². The van der Waals surface area contributed by atoms with Gasteiger partial charge >= 0.3 is 5.69 Å². The van der Waals surface area contributed by atoms with Gasteiger partial charge in [0, 0.05) is 6.20 Å². The van der Waals surface area contributed by atoms with Gasteiger partial charge in [-0.2, -0.15) is 4.98 Å². The average molecular weight is 342 g/mol. The van der Waals surface area contributed by atoms with E-state index in [2.05, 4.69) is 25.3 Å². The maximum absolute atomic E-state index is 12.4. The fraction of sp³-hybridized carbons (Fsp3) is 0.375. The van der Waals surface area contributed by atoms with Gasteiger partial charge in [-0.3, -0.25) is 9.36 Å².